The number of carbonyl (C=O) groups excluding carboxylic acids is 2. The Bertz CT molecular complexity index is 391. The smallest absolute Gasteiger partial charge is 0.447 e. The Morgan fingerprint density at radius 3 is 2.06 bits per heavy atom. The van der Waals surface area contributed by atoms with Gasteiger partial charge in [0, 0.05) is 33.1 Å². The van der Waals surface area contributed by atoms with Crippen molar-refractivity contribution in [2.45, 2.75) is 13.8 Å². The van der Waals surface area contributed by atoms with Crippen LogP contribution in [0.1, 0.15) is 13.8 Å². The number of ether oxygens (including phenoxy) is 1. The van der Waals surface area contributed by atoms with Gasteiger partial charge < -0.3 is 9.57 Å². The summed E-state index contributed by atoms with van der Waals surface area (Å²) in [5, 5.41) is 0. The van der Waals surface area contributed by atoms with Crippen LogP contribution in [-0.2, 0) is 18.9 Å². The van der Waals surface area contributed by atoms with E-state index in [2.05, 4.69) is 0 Å². The Hall–Kier alpha value is -1.11. The lowest BCUT2D eigenvalue weighted by molar-refractivity contribution is -0.163. The van der Waals surface area contributed by atoms with Gasteiger partial charge in [0.25, 0.3) is 0 Å². The molecule has 0 aliphatic carbocycles. The fourth-order valence-electron chi connectivity index (χ4n) is 1.52. The van der Waals surface area contributed by atoms with Gasteiger partial charge in [-0.15, -0.1) is 0 Å². The SMILES string of the molecule is CCOC(=O)N(OC(C)=O)P(=O)(N1CC1)N1CC1. The minimum atomic E-state index is -3.31. The Kier molecular flexibility index (Phi) is 3.61. The first-order chi connectivity index (χ1) is 8.50. The van der Waals surface area contributed by atoms with Gasteiger partial charge in [-0.25, -0.2) is 18.9 Å². The molecule has 1 amide bonds. The molecule has 2 aliphatic rings. The molecule has 0 spiro atoms. The Morgan fingerprint density at radius 1 is 1.22 bits per heavy atom. The highest BCUT2D eigenvalue weighted by Gasteiger charge is 2.56. The van der Waals surface area contributed by atoms with Crippen molar-refractivity contribution in [3.8, 4) is 0 Å². The summed E-state index contributed by atoms with van der Waals surface area (Å²) in [6, 6.07) is 0. The molecule has 102 valence electrons. The number of hydrogen-bond donors (Lipinski definition) is 0. The van der Waals surface area contributed by atoms with Crippen LogP contribution in [0, 0.1) is 0 Å². The summed E-state index contributed by atoms with van der Waals surface area (Å²) in [6.07, 6.45) is -0.894. The standard InChI is InChI=1S/C9H16N3O5P/c1-3-16-9(14)12(17-8(2)13)18(15,10-4-5-10)11-6-7-11/h3-7H2,1-2H3. The molecule has 8 nitrogen and oxygen atoms in total. The molecule has 2 aliphatic heterocycles. The predicted molar refractivity (Wildman–Crippen MR) is 61.4 cm³/mol. The molecule has 0 bridgehead atoms. The second-order valence-electron chi connectivity index (χ2n) is 3.98. The van der Waals surface area contributed by atoms with Gasteiger partial charge in [0.1, 0.15) is 0 Å². The summed E-state index contributed by atoms with van der Waals surface area (Å²) < 4.78 is 20.9. The number of hydrogen-bond acceptors (Lipinski definition) is 5. The molecular weight excluding hydrogens is 261 g/mol. The molecule has 0 aromatic heterocycles. The van der Waals surface area contributed by atoms with Crippen LogP contribution >= 0.6 is 7.59 Å². The van der Waals surface area contributed by atoms with Gasteiger partial charge in [-0.05, 0) is 6.92 Å². The van der Waals surface area contributed by atoms with E-state index in [1.54, 1.807) is 16.3 Å². The lowest BCUT2D eigenvalue weighted by Gasteiger charge is -2.29. The molecule has 2 saturated heterocycles. The van der Waals surface area contributed by atoms with E-state index in [9.17, 15) is 14.2 Å². The fourth-order valence-corrected chi connectivity index (χ4v) is 4.05. The fraction of sp³-hybridized carbons (Fsp3) is 0.778. The molecule has 18 heavy (non-hydrogen) atoms. The van der Waals surface area contributed by atoms with E-state index < -0.39 is 19.7 Å². The van der Waals surface area contributed by atoms with Gasteiger partial charge in [-0.1, -0.05) is 4.83 Å². The predicted octanol–water partition coefficient (Wildman–Crippen LogP) is 0.662. The molecule has 0 aromatic rings. The minimum absolute atomic E-state index is 0.122. The van der Waals surface area contributed by atoms with E-state index in [0.717, 1.165) is 6.92 Å². The molecule has 0 aromatic carbocycles. The molecule has 0 unspecified atom stereocenters. The molecule has 2 rings (SSSR count). The molecule has 0 radical (unpaired) electrons. The molecule has 9 heteroatoms. The first-order valence-electron chi connectivity index (χ1n) is 5.77. The van der Waals surface area contributed by atoms with Crippen LogP contribution in [-0.4, -0.2) is 59.0 Å². The van der Waals surface area contributed by atoms with Crippen LogP contribution in [0.2, 0.25) is 0 Å². The van der Waals surface area contributed by atoms with Crippen molar-refractivity contribution in [2.75, 3.05) is 32.8 Å². The lowest BCUT2D eigenvalue weighted by atomic mass is 10.8. The normalized spacial score (nSPS) is 19.2. The number of rotatable bonds is 4. The zero-order valence-corrected chi connectivity index (χ0v) is 11.3. The third kappa shape index (κ3) is 2.50. The maximum absolute atomic E-state index is 12.9. The van der Waals surface area contributed by atoms with Crippen molar-refractivity contribution in [1.82, 2.24) is 14.2 Å². The molecule has 2 heterocycles. The van der Waals surface area contributed by atoms with Crippen LogP contribution < -0.4 is 0 Å². The van der Waals surface area contributed by atoms with E-state index >= 15 is 0 Å². The van der Waals surface area contributed by atoms with Crippen LogP contribution in [0.25, 0.3) is 0 Å². The zero-order chi connectivity index (χ0) is 13.3. The van der Waals surface area contributed by atoms with Crippen LogP contribution in [0.3, 0.4) is 0 Å². The average Bonchev–Trinajstić information content (AvgIpc) is 3.18. The van der Waals surface area contributed by atoms with E-state index in [4.69, 9.17) is 9.57 Å². The first kappa shape index (κ1) is 13.3. The Morgan fingerprint density at radius 2 is 1.72 bits per heavy atom. The Labute approximate surface area is 105 Å². The molecule has 0 saturated carbocycles. The van der Waals surface area contributed by atoms with E-state index in [0.29, 0.717) is 31.0 Å². The van der Waals surface area contributed by atoms with Gasteiger partial charge >= 0.3 is 19.7 Å². The number of carbonyl (C=O) groups is 2. The highest BCUT2D eigenvalue weighted by Crippen LogP contribution is 2.63. The van der Waals surface area contributed by atoms with Crippen LogP contribution in [0.4, 0.5) is 4.79 Å². The van der Waals surface area contributed by atoms with Crippen molar-refractivity contribution in [3.63, 3.8) is 0 Å². The molecule has 0 N–H and O–H groups in total. The lowest BCUT2D eigenvalue weighted by Crippen LogP contribution is -2.35. The van der Waals surface area contributed by atoms with Gasteiger partial charge in [-0.2, -0.15) is 0 Å². The van der Waals surface area contributed by atoms with Gasteiger partial charge in [0.05, 0.1) is 6.61 Å². The largest absolute Gasteiger partial charge is 0.451 e. The molecular formula is C9H16N3O5P. The Balaban J connectivity index is 2.22. The number of hydroxylamine groups is 1. The van der Waals surface area contributed by atoms with E-state index in [1.807, 2.05) is 0 Å². The third-order valence-electron chi connectivity index (χ3n) is 2.46. The van der Waals surface area contributed by atoms with Crippen molar-refractivity contribution in [3.05, 3.63) is 0 Å². The number of amides is 1. The summed E-state index contributed by atoms with van der Waals surface area (Å²) in [5.74, 6) is -0.702. The average molecular weight is 277 g/mol. The second kappa shape index (κ2) is 4.87. The van der Waals surface area contributed by atoms with Crippen LogP contribution in [0.15, 0.2) is 0 Å². The van der Waals surface area contributed by atoms with Crippen molar-refractivity contribution < 1.29 is 23.7 Å². The van der Waals surface area contributed by atoms with Crippen LogP contribution in [0.5, 0.6) is 0 Å². The van der Waals surface area contributed by atoms with Crippen molar-refractivity contribution >= 4 is 19.7 Å². The maximum Gasteiger partial charge on any atom is 0.451 e. The van der Waals surface area contributed by atoms with E-state index in [-0.39, 0.29) is 6.61 Å². The summed E-state index contributed by atoms with van der Waals surface area (Å²) in [7, 11) is -3.31. The van der Waals surface area contributed by atoms with Gasteiger partial charge in [-0.3, -0.25) is 4.57 Å². The van der Waals surface area contributed by atoms with E-state index in [1.165, 1.54) is 0 Å². The van der Waals surface area contributed by atoms with Gasteiger partial charge in [0.2, 0.25) is 0 Å². The highest BCUT2D eigenvalue weighted by molar-refractivity contribution is 7.57. The second-order valence-corrected chi connectivity index (χ2v) is 6.50. The minimum Gasteiger partial charge on any atom is -0.447 e. The first-order valence-corrected chi connectivity index (χ1v) is 7.33. The summed E-state index contributed by atoms with van der Waals surface area (Å²) >= 11 is 0. The number of nitrogens with zero attached hydrogens (tertiary/aromatic N) is 3. The third-order valence-corrected chi connectivity index (χ3v) is 5.45. The van der Waals surface area contributed by atoms with Crippen molar-refractivity contribution in [2.24, 2.45) is 0 Å². The maximum atomic E-state index is 12.9. The quantitative estimate of drug-likeness (QED) is 0.424. The summed E-state index contributed by atoms with van der Waals surface area (Å²) in [6.45, 7) is 5.37. The van der Waals surface area contributed by atoms with Crippen molar-refractivity contribution in [1.29, 1.82) is 0 Å². The highest BCUT2D eigenvalue weighted by atomic mass is 31.2. The van der Waals surface area contributed by atoms with Gasteiger partial charge in [0.15, 0.2) is 0 Å². The summed E-state index contributed by atoms with van der Waals surface area (Å²) in [5.41, 5.74) is 0. The summed E-state index contributed by atoms with van der Waals surface area (Å²) in [4.78, 5) is 28.3. The molecule has 2 fully saturated rings. The monoisotopic (exact) mass is 277 g/mol. The molecule has 0 atom stereocenters. The topological polar surface area (TPSA) is 78.9 Å². The zero-order valence-electron chi connectivity index (χ0n) is 10.4.